The van der Waals surface area contributed by atoms with Crippen LogP contribution in [0, 0.1) is 5.92 Å². The van der Waals surface area contributed by atoms with Crippen LogP contribution in [0.2, 0.25) is 0 Å². The lowest BCUT2D eigenvalue weighted by atomic mass is 10.0. The van der Waals surface area contributed by atoms with Crippen molar-refractivity contribution in [3.8, 4) is 0 Å². The Bertz CT molecular complexity index is 1250. The van der Waals surface area contributed by atoms with Gasteiger partial charge in [-0.05, 0) is 38.5 Å². The molecule has 49 heavy (non-hydrogen) atoms. The number of carbonyl (C=O) groups is 8. The topological polar surface area (TPSA) is 299 Å². The van der Waals surface area contributed by atoms with Crippen molar-refractivity contribution in [3.05, 3.63) is 0 Å². The average Bonchev–Trinajstić information content (AvgIpc) is 3.53. The van der Waals surface area contributed by atoms with Gasteiger partial charge in [0, 0.05) is 18.7 Å². The van der Waals surface area contributed by atoms with Gasteiger partial charge < -0.3 is 57.9 Å². The van der Waals surface area contributed by atoms with Crippen molar-refractivity contribution < 1.29 is 53.7 Å². The van der Waals surface area contributed by atoms with E-state index in [4.69, 9.17) is 5.73 Å². The molecule has 0 spiro atoms. The van der Waals surface area contributed by atoms with E-state index >= 15 is 0 Å². The third-order valence-electron chi connectivity index (χ3n) is 7.98. The van der Waals surface area contributed by atoms with Crippen molar-refractivity contribution in [1.82, 2.24) is 36.8 Å². The lowest BCUT2D eigenvalue weighted by Crippen LogP contribution is -2.62. The molecule has 2 heterocycles. The van der Waals surface area contributed by atoms with Gasteiger partial charge in [-0.2, -0.15) is 12.6 Å². The SMILES string of the molecule is CC(C)C[C@H]1NC(=O)[C@@H](CO)NC(=O)[C@@H](CS)NC(=O)[C@@H](CO)NC(=O)[C@@H]([C@@H](C)O)NC(=O)[C@@H](CCC(N)=O)NC(=O)[C@H]2CCCN2C1=O. The van der Waals surface area contributed by atoms with Gasteiger partial charge in [-0.1, -0.05) is 13.8 Å². The third-order valence-corrected chi connectivity index (χ3v) is 8.35. The van der Waals surface area contributed by atoms with E-state index in [1.807, 2.05) is 0 Å². The number of fused-ring (bicyclic) bond motifs is 1. The number of carbonyl (C=O) groups excluding carboxylic acids is 8. The van der Waals surface area contributed by atoms with E-state index in [2.05, 4.69) is 44.5 Å². The molecule has 19 nitrogen and oxygen atoms in total. The molecule has 0 saturated carbocycles. The molecule has 2 aliphatic rings. The van der Waals surface area contributed by atoms with Gasteiger partial charge in [-0.3, -0.25) is 38.4 Å². The molecule has 20 heteroatoms. The van der Waals surface area contributed by atoms with Crippen LogP contribution < -0.4 is 37.6 Å². The number of amides is 8. The average molecular weight is 717 g/mol. The zero-order valence-electron chi connectivity index (χ0n) is 27.6. The van der Waals surface area contributed by atoms with Crippen molar-refractivity contribution in [2.45, 2.75) is 101 Å². The highest BCUT2D eigenvalue weighted by molar-refractivity contribution is 7.80. The lowest BCUT2D eigenvalue weighted by Gasteiger charge is -2.31. The molecule has 2 rings (SSSR count). The summed E-state index contributed by atoms with van der Waals surface area (Å²) in [6.07, 6.45) is -1.55. The van der Waals surface area contributed by atoms with Crippen LogP contribution in [0.25, 0.3) is 0 Å². The maximum absolute atomic E-state index is 13.8. The Balaban J connectivity index is 2.59. The summed E-state index contributed by atoms with van der Waals surface area (Å²) in [4.78, 5) is 106. The molecular weight excluding hydrogens is 668 g/mol. The largest absolute Gasteiger partial charge is 0.394 e. The van der Waals surface area contributed by atoms with Crippen molar-refractivity contribution >= 4 is 59.9 Å². The van der Waals surface area contributed by atoms with E-state index in [-0.39, 0.29) is 43.9 Å². The fourth-order valence-corrected chi connectivity index (χ4v) is 5.60. The summed E-state index contributed by atoms with van der Waals surface area (Å²) >= 11 is 4.06. The summed E-state index contributed by atoms with van der Waals surface area (Å²) in [5.41, 5.74) is 5.27. The van der Waals surface area contributed by atoms with Crippen LogP contribution in [0.5, 0.6) is 0 Å². The van der Waals surface area contributed by atoms with Gasteiger partial charge in [-0.15, -0.1) is 0 Å². The Hall–Kier alpha value is -4.01. The molecule has 2 saturated heterocycles. The predicted molar refractivity (Wildman–Crippen MR) is 174 cm³/mol. The quantitative estimate of drug-likeness (QED) is 0.100. The molecule has 0 bridgehead atoms. The molecule has 0 aromatic heterocycles. The summed E-state index contributed by atoms with van der Waals surface area (Å²) in [6, 6.07) is -10.2. The second kappa shape index (κ2) is 19.2. The van der Waals surface area contributed by atoms with Crippen molar-refractivity contribution in [2.24, 2.45) is 11.7 Å². The van der Waals surface area contributed by atoms with Gasteiger partial charge in [0.25, 0.3) is 0 Å². The van der Waals surface area contributed by atoms with Gasteiger partial charge in [0.1, 0.15) is 42.3 Å². The minimum absolute atomic E-state index is 0.116. The molecule has 0 radical (unpaired) electrons. The molecule has 0 unspecified atom stereocenters. The van der Waals surface area contributed by atoms with E-state index in [0.717, 1.165) is 6.92 Å². The van der Waals surface area contributed by atoms with Gasteiger partial charge in [-0.25, -0.2) is 0 Å². The van der Waals surface area contributed by atoms with Crippen LogP contribution in [-0.4, -0.2) is 141 Å². The highest BCUT2D eigenvalue weighted by Crippen LogP contribution is 2.21. The molecule has 276 valence electrons. The predicted octanol–water partition coefficient (Wildman–Crippen LogP) is -5.49. The number of hydrogen-bond donors (Lipinski definition) is 11. The maximum Gasteiger partial charge on any atom is 0.245 e. The number of primary amides is 1. The van der Waals surface area contributed by atoms with Crippen LogP contribution >= 0.6 is 12.6 Å². The van der Waals surface area contributed by atoms with Crippen LogP contribution in [0.1, 0.15) is 52.9 Å². The fourth-order valence-electron chi connectivity index (χ4n) is 5.34. The zero-order chi connectivity index (χ0) is 37.0. The maximum atomic E-state index is 13.8. The lowest BCUT2D eigenvalue weighted by molar-refractivity contribution is -0.143. The number of nitrogens with zero attached hydrogens (tertiary/aromatic N) is 1. The number of rotatable bonds is 9. The number of nitrogens with two attached hydrogens (primary N) is 1. The number of nitrogens with one attached hydrogen (secondary N) is 6. The summed E-state index contributed by atoms with van der Waals surface area (Å²) in [7, 11) is 0. The molecule has 11 N–H and O–H groups in total. The van der Waals surface area contributed by atoms with E-state index in [0.29, 0.717) is 6.42 Å². The Morgan fingerprint density at radius 3 is 1.78 bits per heavy atom. The smallest absolute Gasteiger partial charge is 0.245 e. The third kappa shape index (κ3) is 11.8. The molecule has 8 atom stereocenters. The van der Waals surface area contributed by atoms with Gasteiger partial charge in [0.2, 0.25) is 47.3 Å². The van der Waals surface area contributed by atoms with E-state index < -0.39 is 109 Å². The Morgan fingerprint density at radius 2 is 1.27 bits per heavy atom. The van der Waals surface area contributed by atoms with Gasteiger partial charge in [0.05, 0.1) is 19.3 Å². The minimum Gasteiger partial charge on any atom is -0.394 e. The summed E-state index contributed by atoms with van der Waals surface area (Å²) in [6.45, 7) is 2.98. The molecule has 8 amide bonds. The molecule has 0 aromatic carbocycles. The van der Waals surface area contributed by atoms with Crippen molar-refractivity contribution in [1.29, 1.82) is 0 Å². The summed E-state index contributed by atoms with van der Waals surface area (Å²) < 4.78 is 0. The molecule has 0 aliphatic carbocycles. The Labute approximate surface area is 288 Å². The second-order valence-electron chi connectivity index (χ2n) is 12.4. The van der Waals surface area contributed by atoms with Crippen LogP contribution in [0.4, 0.5) is 0 Å². The number of aliphatic hydroxyl groups excluding tert-OH is 3. The normalized spacial score (nSPS) is 29.0. The first-order valence-corrected chi connectivity index (χ1v) is 16.6. The number of aliphatic hydroxyl groups is 3. The van der Waals surface area contributed by atoms with E-state index in [9.17, 15) is 53.7 Å². The highest BCUT2D eigenvalue weighted by atomic mass is 32.1. The summed E-state index contributed by atoms with van der Waals surface area (Å²) in [5, 5.41) is 44.2. The van der Waals surface area contributed by atoms with Crippen molar-refractivity contribution in [3.63, 3.8) is 0 Å². The number of thiol groups is 1. The first-order valence-electron chi connectivity index (χ1n) is 16.0. The molecule has 2 fully saturated rings. The number of hydrogen-bond acceptors (Lipinski definition) is 12. The minimum atomic E-state index is -1.73. The Kier molecular flexibility index (Phi) is 16.2. The van der Waals surface area contributed by atoms with Gasteiger partial charge in [0.15, 0.2) is 0 Å². The first kappa shape index (κ1) is 41.2. The second-order valence-corrected chi connectivity index (χ2v) is 12.8. The summed E-state index contributed by atoms with van der Waals surface area (Å²) in [5.74, 6) is -7.78. The Morgan fingerprint density at radius 1 is 0.776 bits per heavy atom. The fraction of sp³-hybridized carbons (Fsp3) is 0.724. The van der Waals surface area contributed by atoms with Crippen LogP contribution in [0.15, 0.2) is 0 Å². The molecule has 0 aromatic rings. The van der Waals surface area contributed by atoms with Gasteiger partial charge >= 0.3 is 0 Å². The highest BCUT2D eigenvalue weighted by Gasteiger charge is 2.41. The van der Waals surface area contributed by atoms with Crippen LogP contribution in [-0.2, 0) is 38.4 Å². The van der Waals surface area contributed by atoms with E-state index in [1.165, 1.54) is 4.90 Å². The van der Waals surface area contributed by atoms with Crippen molar-refractivity contribution in [2.75, 3.05) is 25.5 Å². The zero-order valence-corrected chi connectivity index (χ0v) is 28.5. The molecular formula is C29H48N8O11S. The monoisotopic (exact) mass is 716 g/mol. The van der Waals surface area contributed by atoms with Crippen LogP contribution in [0.3, 0.4) is 0 Å². The molecule has 2 aliphatic heterocycles. The first-order chi connectivity index (χ1) is 23.0. The standard InChI is InChI=1S/C29H48N8O11S/c1-13(2)9-16-29(48)37-8-4-5-20(37)27(46)31-15(6-7-21(30)41)23(42)36-22(14(3)40)28(47)34-18(11-39)25(44)35-19(12-49)26(45)33-17(10-38)24(43)32-16/h13-20,22,38-40,49H,4-12H2,1-3H3,(H2,30,41)(H,31,46)(H,32,43)(H,33,45)(H,34,47)(H,35,44)(H,36,42)/t14-,15-,16-,17-,18-,19-,20-,22-/m1/s1. The van der Waals surface area contributed by atoms with E-state index in [1.54, 1.807) is 13.8 Å².